The van der Waals surface area contributed by atoms with Crippen molar-refractivity contribution in [1.82, 2.24) is 4.90 Å². The maximum absolute atomic E-state index is 12.9. The van der Waals surface area contributed by atoms with E-state index in [4.69, 9.17) is 4.74 Å². The van der Waals surface area contributed by atoms with Crippen molar-refractivity contribution in [2.24, 2.45) is 35.5 Å². The van der Waals surface area contributed by atoms with Crippen molar-refractivity contribution in [2.45, 2.75) is 39.0 Å². The van der Waals surface area contributed by atoms with Gasteiger partial charge in [0.2, 0.25) is 11.8 Å². The Kier molecular flexibility index (Phi) is 4.03. The summed E-state index contributed by atoms with van der Waals surface area (Å²) >= 11 is 0. The van der Waals surface area contributed by atoms with Gasteiger partial charge in [0.05, 0.1) is 11.8 Å². The fourth-order valence-electron chi connectivity index (χ4n) is 5.65. The first kappa shape index (κ1) is 18.6. The van der Waals surface area contributed by atoms with Gasteiger partial charge in [-0.1, -0.05) is 45.1 Å². The van der Waals surface area contributed by atoms with E-state index < -0.39 is 5.97 Å². The summed E-state index contributed by atoms with van der Waals surface area (Å²) < 4.78 is 5.43. The molecule has 0 aromatic heterocycles. The number of nitrogens with zero attached hydrogens (tertiary/aromatic N) is 1. The first-order chi connectivity index (χ1) is 13.8. The minimum Gasteiger partial charge on any atom is -0.425 e. The second kappa shape index (κ2) is 6.28. The number of ether oxygens (including phenoxy) is 1. The summed E-state index contributed by atoms with van der Waals surface area (Å²) in [7, 11) is 0. The maximum Gasteiger partial charge on any atom is 0.331 e. The van der Waals surface area contributed by atoms with Crippen molar-refractivity contribution >= 4 is 17.8 Å². The van der Waals surface area contributed by atoms with Gasteiger partial charge in [0.1, 0.15) is 12.3 Å². The lowest BCUT2D eigenvalue weighted by molar-refractivity contribution is -0.148. The van der Waals surface area contributed by atoms with Crippen LogP contribution in [0.5, 0.6) is 5.75 Å². The van der Waals surface area contributed by atoms with Crippen molar-refractivity contribution in [3.8, 4) is 5.75 Å². The highest BCUT2D eigenvalue weighted by molar-refractivity contribution is 6.08. The molecule has 0 spiro atoms. The molecule has 4 aliphatic carbocycles. The van der Waals surface area contributed by atoms with Gasteiger partial charge in [-0.25, -0.2) is 4.79 Å². The number of esters is 1. The third-order valence-electron chi connectivity index (χ3n) is 7.79. The van der Waals surface area contributed by atoms with E-state index in [1.807, 2.05) is 12.1 Å². The topological polar surface area (TPSA) is 63.7 Å². The van der Waals surface area contributed by atoms with Crippen LogP contribution in [-0.2, 0) is 19.8 Å². The number of likely N-dealkylation sites (tertiary alicyclic amines) is 1. The van der Waals surface area contributed by atoms with Crippen molar-refractivity contribution in [3.63, 3.8) is 0 Å². The molecule has 1 aromatic carbocycles. The second-order valence-electron chi connectivity index (χ2n) is 9.65. The van der Waals surface area contributed by atoms with Gasteiger partial charge in [-0.3, -0.25) is 14.5 Å². The molecule has 0 unspecified atom stereocenters. The maximum atomic E-state index is 12.9. The number of amides is 2. The average Bonchev–Trinajstić information content (AvgIpc) is 3.49. The highest BCUT2D eigenvalue weighted by Crippen LogP contribution is 2.65. The molecule has 5 nitrogen and oxygen atoms in total. The number of hydrogen-bond acceptors (Lipinski definition) is 4. The van der Waals surface area contributed by atoms with Crippen LogP contribution in [0.15, 0.2) is 36.4 Å². The zero-order chi connectivity index (χ0) is 20.5. The normalized spacial score (nSPS) is 34.2. The van der Waals surface area contributed by atoms with Crippen LogP contribution in [0.4, 0.5) is 0 Å². The Hall–Kier alpha value is -2.43. The SMILES string of the molecule is CCC(C)(C)c1ccc(OC(=O)CN2C(=O)[C@@H]3[C@@H]4C=C[C@@H]([C@H]5C[C@H]45)[C@@H]3C2=O)cc1. The molecule has 5 aliphatic rings. The lowest BCUT2D eigenvalue weighted by Crippen LogP contribution is -2.40. The molecule has 3 fully saturated rings. The number of imide groups is 1. The summed E-state index contributed by atoms with van der Waals surface area (Å²) in [5, 5.41) is 0. The molecule has 6 rings (SSSR count). The first-order valence-corrected chi connectivity index (χ1v) is 10.7. The van der Waals surface area contributed by atoms with Crippen LogP contribution in [0.1, 0.15) is 39.2 Å². The fraction of sp³-hybridized carbons (Fsp3) is 0.542. The molecule has 5 heteroatoms. The van der Waals surface area contributed by atoms with Crippen LogP contribution in [0.2, 0.25) is 0 Å². The fourth-order valence-corrected chi connectivity index (χ4v) is 5.65. The lowest BCUT2D eigenvalue weighted by atomic mass is 9.63. The first-order valence-electron chi connectivity index (χ1n) is 10.7. The highest BCUT2D eigenvalue weighted by Gasteiger charge is 2.67. The number of carbonyl (C=O) groups excluding carboxylic acids is 3. The number of rotatable bonds is 5. The Morgan fingerprint density at radius 3 is 2.10 bits per heavy atom. The van der Waals surface area contributed by atoms with Gasteiger partial charge >= 0.3 is 5.97 Å². The zero-order valence-electron chi connectivity index (χ0n) is 17.1. The van der Waals surface area contributed by atoms with Gasteiger partial charge in [-0.05, 0) is 59.6 Å². The van der Waals surface area contributed by atoms with Gasteiger partial charge < -0.3 is 4.74 Å². The third-order valence-corrected chi connectivity index (χ3v) is 7.79. The van der Waals surface area contributed by atoms with Crippen LogP contribution < -0.4 is 4.74 Å². The van der Waals surface area contributed by atoms with Gasteiger partial charge in [0, 0.05) is 0 Å². The molecule has 6 atom stereocenters. The number of hydrogen-bond donors (Lipinski definition) is 0. The van der Waals surface area contributed by atoms with Gasteiger partial charge in [-0.2, -0.15) is 0 Å². The van der Waals surface area contributed by atoms with Crippen LogP contribution in [0, 0.1) is 35.5 Å². The summed E-state index contributed by atoms with van der Waals surface area (Å²) in [6.07, 6.45) is 6.40. The number of carbonyl (C=O) groups is 3. The molecule has 2 bridgehead atoms. The summed E-state index contributed by atoms with van der Waals surface area (Å²) in [6.45, 7) is 6.18. The molecule has 1 aromatic rings. The molecule has 2 saturated carbocycles. The van der Waals surface area contributed by atoms with Crippen LogP contribution >= 0.6 is 0 Å². The predicted octanol–water partition coefficient (Wildman–Crippen LogP) is 3.33. The summed E-state index contributed by atoms with van der Waals surface area (Å²) in [4.78, 5) is 39.5. The molecular weight excluding hydrogens is 366 g/mol. The lowest BCUT2D eigenvalue weighted by Gasteiger charge is -2.37. The summed E-state index contributed by atoms with van der Waals surface area (Å²) in [5.41, 5.74) is 1.23. The van der Waals surface area contributed by atoms with E-state index in [0.717, 1.165) is 17.7 Å². The van der Waals surface area contributed by atoms with Crippen LogP contribution in [0.25, 0.3) is 0 Å². The van der Waals surface area contributed by atoms with E-state index in [0.29, 0.717) is 17.6 Å². The van der Waals surface area contributed by atoms with E-state index in [9.17, 15) is 14.4 Å². The quantitative estimate of drug-likeness (QED) is 0.333. The molecule has 1 heterocycles. The van der Waals surface area contributed by atoms with Gasteiger partial charge in [0.25, 0.3) is 0 Å². The molecule has 152 valence electrons. The predicted molar refractivity (Wildman–Crippen MR) is 107 cm³/mol. The Morgan fingerprint density at radius 2 is 1.59 bits per heavy atom. The van der Waals surface area contributed by atoms with E-state index >= 15 is 0 Å². The largest absolute Gasteiger partial charge is 0.425 e. The van der Waals surface area contributed by atoms with Crippen molar-refractivity contribution < 1.29 is 19.1 Å². The Morgan fingerprint density at radius 1 is 1.03 bits per heavy atom. The molecule has 0 N–H and O–H groups in total. The van der Waals surface area contributed by atoms with E-state index in [2.05, 4.69) is 32.9 Å². The Balaban J connectivity index is 1.26. The van der Waals surface area contributed by atoms with Crippen molar-refractivity contribution in [1.29, 1.82) is 0 Å². The van der Waals surface area contributed by atoms with E-state index in [1.54, 1.807) is 12.1 Å². The molecule has 1 saturated heterocycles. The molecular formula is C24H27NO4. The highest BCUT2D eigenvalue weighted by atomic mass is 16.5. The van der Waals surface area contributed by atoms with Crippen LogP contribution in [-0.4, -0.2) is 29.2 Å². The van der Waals surface area contributed by atoms with Gasteiger partial charge in [-0.15, -0.1) is 0 Å². The number of allylic oxidation sites excluding steroid dienone is 2. The molecule has 0 radical (unpaired) electrons. The summed E-state index contributed by atoms with van der Waals surface area (Å²) in [6, 6.07) is 7.47. The second-order valence-corrected chi connectivity index (χ2v) is 9.65. The molecule has 2 amide bonds. The molecule has 1 aliphatic heterocycles. The minimum absolute atomic E-state index is 0.0569. The van der Waals surface area contributed by atoms with Gasteiger partial charge in [0.15, 0.2) is 0 Å². The van der Waals surface area contributed by atoms with E-state index in [1.165, 1.54) is 5.56 Å². The Bertz CT molecular complexity index is 879. The zero-order valence-corrected chi connectivity index (χ0v) is 17.1. The monoisotopic (exact) mass is 393 g/mol. The smallest absolute Gasteiger partial charge is 0.331 e. The minimum atomic E-state index is -0.571. The van der Waals surface area contributed by atoms with Crippen molar-refractivity contribution in [2.75, 3.05) is 6.54 Å². The van der Waals surface area contributed by atoms with Crippen molar-refractivity contribution in [3.05, 3.63) is 42.0 Å². The average molecular weight is 393 g/mol. The Labute approximate surface area is 171 Å². The number of benzene rings is 1. The summed E-state index contributed by atoms with van der Waals surface area (Å²) in [5.74, 6) is 0.381. The van der Waals surface area contributed by atoms with Crippen LogP contribution in [0.3, 0.4) is 0 Å². The van der Waals surface area contributed by atoms with E-state index in [-0.39, 0.29) is 47.4 Å². The third kappa shape index (κ3) is 2.77. The molecule has 29 heavy (non-hydrogen) atoms. The standard InChI is InChI=1S/C24H27NO4/c1-4-24(2,3)13-5-7-14(8-6-13)29-19(26)12-25-22(27)20-15-9-10-16(18-11-17(15)18)21(20)23(25)28/h5-10,15-18,20-21H,4,11-12H2,1-3H3/t15-,16+,17-,18-,20-,21+/m1/s1.